The molecular formula is C15H17N3O. The molecule has 1 aromatic carbocycles. The topological polar surface area (TPSA) is 59.2 Å². The van der Waals surface area contributed by atoms with Crippen molar-refractivity contribution in [1.82, 2.24) is 9.88 Å². The number of anilines is 1. The summed E-state index contributed by atoms with van der Waals surface area (Å²) in [5.74, 6) is -0.0528. The Morgan fingerprint density at radius 1 is 1.32 bits per heavy atom. The van der Waals surface area contributed by atoms with Crippen LogP contribution in [-0.2, 0) is 0 Å². The van der Waals surface area contributed by atoms with E-state index in [-0.39, 0.29) is 11.9 Å². The van der Waals surface area contributed by atoms with Crippen molar-refractivity contribution in [3.05, 3.63) is 59.9 Å². The molecule has 98 valence electrons. The van der Waals surface area contributed by atoms with E-state index in [1.807, 2.05) is 31.2 Å². The maximum Gasteiger partial charge on any atom is 0.255 e. The van der Waals surface area contributed by atoms with Crippen LogP contribution >= 0.6 is 0 Å². The first-order valence-electron chi connectivity index (χ1n) is 6.12. The SMILES string of the molecule is CC(c1cccc(N)c1)N(C)C(=O)c1cccnc1. The molecule has 4 nitrogen and oxygen atoms in total. The highest BCUT2D eigenvalue weighted by molar-refractivity contribution is 5.93. The highest BCUT2D eigenvalue weighted by Gasteiger charge is 2.18. The number of aromatic nitrogens is 1. The van der Waals surface area contributed by atoms with Crippen LogP contribution in [0.15, 0.2) is 48.8 Å². The van der Waals surface area contributed by atoms with Gasteiger partial charge in [-0.2, -0.15) is 0 Å². The third-order valence-electron chi connectivity index (χ3n) is 3.20. The quantitative estimate of drug-likeness (QED) is 0.857. The lowest BCUT2D eigenvalue weighted by Crippen LogP contribution is -2.29. The Hall–Kier alpha value is -2.36. The fourth-order valence-corrected chi connectivity index (χ4v) is 1.91. The number of hydrogen-bond donors (Lipinski definition) is 1. The molecule has 0 aliphatic rings. The van der Waals surface area contributed by atoms with Gasteiger partial charge in [0.25, 0.3) is 5.91 Å². The van der Waals surface area contributed by atoms with Crippen LogP contribution < -0.4 is 5.73 Å². The lowest BCUT2D eigenvalue weighted by Gasteiger charge is -2.25. The average molecular weight is 255 g/mol. The van der Waals surface area contributed by atoms with Gasteiger partial charge in [0, 0.05) is 25.1 Å². The number of carbonyl (C=O) groups is 1. The van der Waals surface area contributed by atoms with Crippen molar-refractivity contribution in [1.29, 1.82) is 0 Å². The van der Waals surface area contributed by atoms with Crippen molar-refractivity contribution in [3.8, 4) is 0 Å². The molecule has 1 aromatic heterocycles. The highest BCUT2D eigenvalue weighted by atomic mass is 16.2. The van der Waals surface area contributed by atoms with E-state index in [0.717, 1.165) is 5.56 Å². The molecule has 1 atom stereocenters. The zero-order chi connectivity index (χ0) is 13.8. The van der Waals surface area contributed by atoms with Gasteiger partial charge in [-0.3, -0.25) is 9.78 Å². The van der Waals surface area contributed by atoms with Crippen LogP contribution in [0.25, 0.3) is 0 Å². The van der Waals surface area contributed by atoms with Crippen molar-refractivity contribution in [2.75, 3.05) is 12.8 Å². The number of pyridine rings is 1. The van der Waals surface area contributed by atoms with Crippen molar-refractivity contribution in [3.63, 3.8) is 0 Å². The largest absolute Gasteiger partial charge is 0.399 e. The van der Waals surface area contributed by atoms with Crippen LogP contribution in [0.1, 0.15) is 28.9 Å². The number of nitrogen functional groups attached to an aromatic ring is 1. The molecule has 0 saturated heterocycles. The first-order valence-corrected chi connectivity index (χ1v) is 6.12. The molecular weight excluding hydrogens is 238 g/mol. The number of carbonyl (C=O) groups excluding carboxylic acids is 1. The Labute approximate surface area is 112 Å². The second kappa shape index (κ2) is 5.52. The molecule has 2 rings (SSSR count). The molecule has 0 spiro atoms. The van der Waals surface area contributed by atoms with Gasteiger partial charge < -0.3 is 10.6 Å². The molecule has 1 heterocycles. The second-order valence-corrected chi connectivity index (χ2v) is 4.50. The summed E-state index contributed by atoms with van der Waals surface area (Å²) in [6.07, 6.45) is 3.23. The third kappa shape index (κ3) is 2.91. The zero-order valence-corrected chi connectivity index (χ0v) is 11.1. The smallest absolute Gasteiger partial charge is 0.255 e. The minimum atomic E-state index is -0.0528. The number of rotatable bonds is 3. The molecule has 0 radical (unpaired) electrons. The van der Waals surface area contributed by atoms with E-state index in [1.165, 1.54) is 0 Å². The summed E-state index contributed by atoms with van der Waals surface area (Å²) in [4.78, 5) is 18.0. The first kappa shape index (κ1) is 13.1. The Balaban J connectivity index is 2.20. The maximum absolute atomic E-state index is 12.3. The molecule has 0 fully saturated rings. The summed E-state index contributed by atoms with van der Waals surface area (Å²) < 4.78 is 0. The highest BCUT2D eigenvalue weighted by Crippen LogP contribution is 2.22. The van der Waals surface area contributed by atoms with E-state index in [2.05, 4.69) is 4.98 Å². The fourth-order valence-electron chi connectivity index (χ4n) is 1.91. The monoisotopic (exact) mass is 255 g/mol. The Kier molecular flexibility index (Phi) is 3.80. The van der Waals surface area contributed by atoms with Crippen LogP contribution in [0.4, 0.5) is 5.69 Å². The van der Waals surface area contributed by atoms with Crippen LogP contribution in [-0.4, -0.2) is 22.8 Å². The van der Waals surface area contributed by atoms with Gasteiger partial charge in [-0.1, -0.05) is 12.1 Å². The molecule has 2 N–H and O–H groups in total. The summed E-state index contributed by atoms with van der Waals surface area (Å²) in [5, 5.41) is 0. The van der Waals surface area contributed by atoms with Gasteiger partial charge in [0.05, 0.1) is 11.6 Å². The van der Waals surface area contributed by atoms with E-state index < -0.39 is 0 Å². The predicted molar refractivity (Wildman–Crippen MR) is 75.6 cm³/mol. The van der Waals surface area contributed by atoms with Gasteiger partial charge in [-0.05, 0) is 36.8 Å². The summed E-state index contributed by atoms with van der Waals surface area (Å²) in [7, 11) is 1.78. The van der Waals surface area contributed by atoms with E-state index in [0.29, 0.717) is 11.3 Å². The summed E-state index contributed by atoms with van der Waals surface area (Å²) in [6.45, 7) is 1.98. The van der Waals surface area contributed by atoms with E-state index in [1.54, 1.807) is 36.5 Å². The van der Waals surface area contributed by atoms with Crippen molar-refractivity contribution >= 4 is 11.6 Å². The lowest BCUT2D eigenvalue weighted by molar-refractivity contribution is 0.0742. The fraction of sp³-hybridized carbons (Fsp3) is 0.200. The molecule has 0 bridgehead atoms. The van der Waals surface area contributed by atoms with Gasteiger partial charge >= 0.3 is 0 Å². The number of benzene rings is 1. The van der Waals surface area contributed by atoms with Gasteiger partial charge in [0.15, 0.2) is 0 Å². The van der Waals surface area contributed by atoms with E-state index in [4.69, 9.17) is 5.73 Å². The molecule has 2 aromatic rings. The number of amides is 1. The lowest BCUT2D eigenvalue weighted by atomic mass is 10.1. The normalized spacial score (nSPS) is 11.9. The number of nitrogens with zero attached hydrogens (tertiary/aromatic N) is 2. The third-order valence-corrected chi connectivity index (χ3v) is 3.20. The van der Waals surface area contributed by atoms with E-state index >= 15 is 0 Å². The average Bonchev–Trinajstić information content (AvgIpc) is 2.46. The van der Waals surface area contributed by atoms with Gasteiger partial charge in [-0.25, -0.2) is 0 Å². The van der Waals surface area contributed by atoms with Crippen LogP contribution in [0.3, 0.4) is 0 Å². The Morgan fingerprint density at radius 2 is 2.11 bits per heavy atom. The van der Waals surface area contributed by atoms with Crippen LogP contribution in [0.2, 0.25) is 0 Å². The van der Waals surface area contributed by atoms with Gasteiger partial charge in [0.1, 0.15) is 0 Å². The standard InChI is InChI=1S/C15H17N3O/c1-11(12-5-3-7-14(16)9-12)18(2)15(19)13-6-4-8-17-10-13/h3-11H,16H2,1-2H3. The summed E-state index contributed by atoms with van der Waals surface area (Å²) >= 11 is 0. The minimum Gasteiger partial charge on any atom is -0.399 e. The molecule has 1 unspecified atom stereocenters. The Morgan fingerprint density at radius 3 is 2.74 bits per heavy atom. The first-order chi connectivity index (χ1) is 9.09. The van der Waals surface area contributed by atoms with Crippen LogP contribution in [0.5, 0.6) is 0 Å². The second-order valence-electron chi connectivity index (χ2n) is 4.50. The van der Waals surface area contributed by atoms with Crippen molar-refractivity contribution in [2.45, 2.75) is 13.0 Å². The molecule has 19 heavy (non-hydrogen) atoms. The molecule has 1 amide bonds. The molecule has 0 saturated carbocycles. The number of hydrogen-bond acceptors (Lipinski definition) is 3. The molecule has 0 aliphatic carbocycles. The molecule has 4 heteroatoms. The summed E-state index contributed by atoms with van der Waals surface area (Å²) in [6, 6.07) is 11.1. The molecule has 0 aliphatic heterocycles. The van der Waals surface area contributed by atoms with Crippen molar-refractivity contribution < 1.29 is 4.79 Å². The van der Waals surface area contributed by atoms with Gasteiger partial charge in [-0.15, -0.1) is 0 Å². The van der Waals surface area contributed by atoms with Crippen LogP contribution in [0, 0.1) is 0 Å². The predicted octanol–water partition coefficient (Wildman–Crippen LogP) is 2.50. The summed E-state index contributed by atoms with van der Waals surface area (Å²) in [5.41, 5.74) is 8.07. The number of nitrogens with two attached hydrogens (primary N) is 1. The van der Waals surface area contributed by atoms with Crippen molar-refractivity contribution in [2.24, 2.45) is 0 Å². The Bertz CT molecular complexity index is 569. The zero-order valence-electron chi connectivity index (χ0n) is 11.1. The minimum absolute atomic E-state index is 0.0452. The van der Waals surface area contributed by atoms with E-state index in [9.17, 15) is 4.79 Å². The van der Waals surface area contributed by atoms with Gasteiger partial charge in [0.2, 0.25) is 0 Å². The maximum atomic E-state index is 12.3.